The van der Waals surface area contributed by atoms with Gasteiger partial charge in [-0.15, -0.1) is 0 Å². The molecule has 26 heavy (non-hydrogen) atoms. The minimum atomic E-state index is -0.448. The predicted octanol–water partition coefficient (Wildman–Crippen LogP) is 2.95. The van der Waals surface area contributed by atoms with E-state index in [2.05, 4.69) is 10.9 Å². The molecule has 6 nitrogen and oxygen atoms in total. The van der Waals surface area contributed by atoms with Gasteiger partial charge in [-0.1, -0.05) is 17.7 Å². The maximum Gasteiger partial charge on any atom is 0.276 e. The molecule has 2 aromatic rings. The molecule has 0 aliphatic carbocycles. The molecule has 0 saturated heterocycles. The third kappa shape index (κ3) is 7.03. The number of rotatable bonds is 7. The van der Waals surface area contributed by atoms with E-state index in [9.17, 15) is 9.59 Å². The zero-order valence-electron chi connectivity index (χ0n) is 14.7. The molecule has 0 atom stereocenters. The van der Waals surface area contributed by atoms with E-state index in [1.807, 2.05) is 32.0 Å². The lowest BCUT2D eigenvalue weighted by Gasteiger charge is -2.10. The van der Waals surface area contributed by atoms with Gasteiger partial charge < -0.3 is 9.47 Å². The molecule has 0 unspecified atom stereocenters. The second-order valence-electron chi connectivity index (χ2n) is 5.76. The third-order valence-corrected chi connectivity index (χ3v) is 3.57. The van der Waals surface area contributed by atoms with E-state index in [0.717, 1.165) is 11.1 Å². The summed E-state index contributed by atoms with van der Waals surface area (Å²) in [6.07, 6.45) is 0.0981. The van der Waals surface area contributed by atoms with Crippen molar-refractivity contribution in [3.8, 4) is 11.5 Å². The minimum Gasteiger partial charge on any atom is -0.493 e. The molecule has 2 rings (SSSR count). The van der Waals surface area contributed by atoms with Crippen LogP contribution in [0.1, 0.15) is 17.5 Å². The van der Waals surface area contributed by atoms with Crippen molar-refractivity contribution in [1.82, 2.24) is 10.9 Å². The molecule has 2 amide bonds. The number of aryl methyl sites for hydroxylation is 2. The Balaban J connectivity index is 1.63. The van der Waals surface area contributed by atoms with E-state index in [4.69, 9.17) is 21.1 Å². The van der Waals surface area contributed by atoms with Crippen molar-refractivity contribution in [1.29, 1.82) is 0 Å². The van der Waals surface area contributed by atoms with Crippen molar-refractivity contribution >= 4 is 23.4 Å². The summed E-state index contributed by atoms with van der Waals surface area (Å²) in [6.45, 7) is 3.89. The van der Waals surface area contributed by atoms with Gasteiger partial charge >= 0.3 is 0 Å². The first-order chi connectivity index (χ1) is 12.4. The van der Waals surface area contributed by atoms with Gasteiger partial charge in [-0.05, 0) is 61.4 Å². The zero-order valence-corrected chi connectivity index (χ0v) is 15.4. The summed E-state index contributed by atoms with van der Waals surface area (Å²) in [6, 6.07) is 12.5. The Kier molecular flexibility index (Phi) is 7.29. The van der Waals surface area contributed by atoms with Crippen LogP contribution in [0.5, 0.6) is 11.5 Å². The highest BCUT2D eigenvalue weighted by Crippen LogP contribution is 2.16. The van der Waals surface area contributed by atoms with Crippen LogP contribution in [0, 0.1) is 13.8 Å². The second-order valence-corrected chi connectivity index (χ2v) is 6.20. The molecule has 2 aromatic carbocycles. The Labute approximate surface area is 157 Å². The van der Waals surface area contributed by atoms with Gasteiger partial charge in [-0.25, -0.2) is 0 Å². The van der Waals surface area contributed by atoms with Crippen LogP contribution in [0.2, 0.25) is 5.02 Å². The Morgan fingerprint density at radius 3 is 2.15 bits per heavy atom. The van der Waals surface area contributed by atoms with Crippen molar-refractivity contribution in [2.45, 2.75) is 20.3 Å². The molecule has 0 aliphatic heterocycles. The molecule has 0 radical (unpaired) electrons. The van der Waals surface area contributed by atoms with Gasteiger partial charge in [0.1, 0.15) is 11.5 Å². The van der Waals surface area contributed by atoms with E-state index >= 15 is 0 Å². The Bertz CT molecular complexity index is 742. The lowest BCUT2D eigenvalue weighted by atomic mass is 10.1. The smallest absolute Gasteiger partial charge is 0.276 e. The molecule has 0 bridgehead atoms. The minimum absolute atomic E-state index is 0.0981. The molecular weight excluding hydrogens is 356 g/mol. The first kappa shape index (κ1) is 19.6. The Hall–Kier alpha value is -2.73. The van der Waals surface area contributed by atoms with E-state index in [1.165, 1.54) is 0 Å². The van der Waals surface area contributed by atoms with Crippen molar-refractivity contribution in [3.05, 3.63) is 58.6 Å². The SMILES string of the molecule is Cc1cc(C)cc(OCC(=O)NNC(=O)CCOc2ccc(Cl)cc2)c1. The number of carbonyl (C=O) groups is 2. The lowest BCUT2D eigenvalue weighted by Crippen LogP contribution is -2.44. The van der Waals surface area contributed by atoms with Crippen LogP contribution < -0.4 is 20.3 Å². The van der Waals surface area contributed by atoms with Crippen molar-refractivity contribution in [2.75, 3.05) is 13.2 Å². The van der Waals surface area contributed by atoms with Crippen LogP contribution in [0.15, 0.2) is 42.5 Å². The summed E-state index contributed by atoms with van der Waals surface area (Å²) in [5.74, 6) is 0.420. The van der Waals surface area contributed by atoms with Gasteiger partial charge in [-0.2, -0.15) is 0 Å². The summed E-state index contributed by atoms with van der Waals surface area (Å²) in [7, 11) is 0. The molecule has 0 spiro atoms. The molecule has 138 valence electrons. The number of benzene rings is 2. The van der Waals surface area contributed by atoms with Crippen LogP contribution in [0.4, 0.5) is 0 Å². The lowest BCUT2D eigenvalue weighted by molar-refractivity contribution is -0.130. The topological polar surface area (TPSA) is 76.7 Å². The largest absolute Gasteiger partial charge is 0.493 e. The third-order valence-electron chi connectivity index (χ3n) is 3.32. The number of ether oxygens (including phenoxy) is 2. The molecule has 0 heterocycles. The second kappa shape index (κ2) is 9.68. The monoisotopic (exact) mass is 376 g/mol. The first-order valence-electron chi connectivity index (χ1n) is 8.09. The summed E-state index contributed by atoms with van der Waals surface area (Å²) >= 11 is 5.78. The van der Waals surface area contributed by atoms with Gasteiger partial charge in [0.2, 0.25) is 5.91 Å². The molecule has 0 fully saturated rings. The number of hydrazine groups is 1. The molecular formula is C19H21ClN2O4. The van der Waals surface area contributed by atoms with Gasteiger partial charge in [0.15, 0.2) is 6.61 Å². The predicted molar refractivity (Wildman–Crippen MR) is 99.3 cm³/mol. The van der Waals surface area contributed by atoms with Gasteiger partial charge in [0.05, 0.1) is 13.0 Å². The van der Waals surface area contributed by atoms with Crippen molar-refractivity contribution < 1.29 is 19.1 Å². The maximum absolute atomic E-state index is 11.7. The number of carbonyl (C=O) groups excluding carboxylic acids is 2. The zero-order chi connectivity index (χ0) is 18.9. The van der Waals surface area contributed by atoms with Gasteiger partial charge in [0.25, 0.3) is 5.91 Å². The first-order valence-corrected chi connectivity index (χ1v) is 8.47. The number of hydrogen-bond donors (Lipinski definition) is 2. The van der Waals surface area contributed by atoms with Crippen LogP contribution >= 0.6 is 11.6 Å². The summed E-state index contributed by atoms with van der Waals surface area (Å²) < 4.78 is 10.8. The van der Waals surface area contributed by atoms with Crippen molar-refractivity contribution in [2.24, 2.45) is 0 Å². The van der Waals surface area contributed by atoms with E-state index < -0.39 is 5.91 Å². The van der Waals surface area contributed by atoms with E-state index in [1.54, 1.807) is 24.3 Å². The number of nitrogens with one attached hydrogen (secondary N) is 2. The molecule has 0 aliphatic rings. The summed E-state index contributed by atoms with van der Waals surface area (Å²) in [4.78, 5) is 23.4. The maximum atomic E-state index is 11.7. The standard InChI is InChI=1S/C19H21ClN2O4/c1-13-9-14(2)11-17(10-13)26-12-19(24)22-21-18(23)7-8-25-16-5-3-15(20)4-6-16/h3-6,9-11H,7-8,12H2,1-2H3,(H,21,23)(H,22,24). The van der Waals surface area contributed by atoms with E-state index in [0.29, 0.717) is 16.5 Å². The highest BCUT2D eigenvalue weighted by Gasteiger charge is 2.07. The molecule has 2 N–H and O–H groups in total. The van der Waals surface area contributed by atoms with Crippen molar-refractivity contribution in [3.63, 3.8) is 0 Å². The average Bonchev–Trinajstić information content (AvgIpc) is 2.59. The highest BCUT2D eigenvalue weighted by molar-refractivity contribution is 6.30. The fourth-order valence-corrected chi connectivity index (χ4v) is 2.32. The van der Waals surface area contributed by atoms with Crippen LogP contribution in [0.25, 0.3) is 0 Å². The van der Waals surface area contributed by atoms with Gasteiger partial charge in [0, 0.05) is 5.02 Å². The molecule has 0 saturated carbocycles. The fraction of sp³-hybridized carbons (Fsp3) is 0.263. The summed E-state index contributed by atoms with van der Waals surface area (Å²) in [5, 5.41) is 0.612. The fourth-order valence-electron chi connectivity index (χ4n) is 2.20. The Morgan fingerprint density at radius 1 is 0.885 bits per heavy atom. The molecule has 0 aromatic heterocycles. The number of halogens is 1. The van der Waals surface area contributed by atoms with Gasteiger partial charge in [-0.3, -0.25) is 20.4 Å². The summed E-state index contributed by atoms with van der Waals surface area (Å²) in [5.41, 5.74) is 6.72. The van der Waals surface area contributed by atoms with Crippen LogP contribution in [-0.4, -0.2) is 25.0 Å². The quantitative estimate of drug-likeness (QED) is 0.728. The average molecular weight is 377 g/mol. The van der Waals surface area contributed by atoms with E-state index in [-0.39, 0.29) is 25.5 Å². The normalized spacial score (nSPS) is 10.1. The van der Waals surface area contributed by atoms with Crippen LogP contribution in [-0.2, 0) is 9.59 Å². The highest BCUT2D eigenvalue weighted by atomic mass is 35.5. The van der Waals surface area contributed by atoms with Crippen LogP contribution in [0.3, 0.4) is 0 Å². The Morgan fingerprint density at radius 2 is 1.50 bits per heavy atom. The molecule has 7 heteroatoms. The number of hydrogen-bond acceptors (Lipinski definition) is 4. The number of amides is 2.